The van der Waals surface area contributed by atoms with Crippen molar-refractivity contribution in [3.8, 4) is 0 Å². The zero-order valence-electron chi connectivity index (χ0n) is 17.6. The van der Waals surface area contributed by atoms with Crippen LogP contribution >= 0.6 is 11.3 Å². The molecule has 3 heterocycles. The highest BCUT2D eigenvalue weighted by atomic mass is 32.1. The van der Waals surface area contributed by atoms with Crippen LogP contribution in [0.5, 0.6) is 0 Å². The Morgan fingerprint density at radius 1 is 1.06 bits per heavy atom. The van der Waals surface area contributed by atoms with E-state index >= 15 is 0 Å². The van der Waals surface area contributed by atoms with Gasteiger partial charge in [0.1, 0.15) is 4.83 Å². The maximum absolute atomic E-state index is 12.9. The number of thiophene rings is 1. The minimum Gasteiger partial charge on any atom is -0.302 e. The monoisotopic (exact) mass is 452 g/mol. The molecule has 0 aliphatic carbocycles. The summed E-state index contributed by atoms with van der Waals surface area (Å²) in [6, 6.07) is 6.69. The first-order chi connectivity index (χ1) is 15.3. The first-order valence-electron chi connectivity index (χ1n) is 9.88. The first kappa shape index (κ1) is 21.4. The highest BCUT2D eigenvalue weighted by molar-refractivity contribution is 7.20. The van der Waals surface area contributed by atoms with E-state index in [0.29, 0.717) is 39.5 Å². The lowest BCUT2D eigenvalue weighted by Gasteiger charge is -2.11. The zero-order valence-corrected chi connectivity index (χ0v) is 18.4. The highest BCUT2D eigenvalue weighted by Gasteiger charge is 2.21. The van der Waals surface area contributed by atoms with Gasteiger partial charge in [0.2, 0.25) is 0 Å². The molecular formula is C21H20N6O4S. The molecule has 1 aromatic carbocycles. The summed E-state index contributed by atoms with van der Waals surface area (Å²) in [6.07, 6.45) is 2.06. The molecule has 4 aromatic rings. The smallest absolute Gasteiger partial charge is 0.290 e. The minimum atomic E-state index is -0.660. The van der Waals surface area contributed by atoms with E-state index in [4.69, 9.17) is 0 Å². The van der Waals surface area contributed by atoms with Crippen molar-refractivity contribution in [2.24, 2.45) is 7.05 Å². The van der Waals surface area contributed by atoms with Gasteiger partial charge in [0, 0.05) is 19.0 Å². The largest absolute Gasteiger partial charge is 0.302 e. The molecule has 164 valence electrons. The van der Waals surface area contributed by atoms with Gasteiger partial charge in [0.15, 0.2) is 5.69 Å². The second-order valence-electron chi connectivity index (χ2n) is 7.23. The molecule has 2 amide bonds. The number of rotatable bonds is 4. The standard InChI is InChI=1S/C21H20N6O4S/c1-4-9-27-20(30)13-8-6-5-7-12(13)15(25-27)17(28)23-24-18(29)16-11(2)14-19(32-16)22-10-26(3)21(14)31/h5-8,10H,4,9H2,1-3H3,(H,23,28)(H,24,29). The third kappa shape index (κ3) is 3.56. The van der Waals surface area contributed by atoms with Crippen LogP contribution in [0.2, 0.25) is 0 Å². The third-order valence-corrected chi connectivity index (χ3v) is 6.22. The van der Waals surface area contributed by atoms with Gasteiger partial charge in [-0.3, -0.25) is 30.0 Å². The second kappa shape index (κ2) is 8.35. The summed E-state index contributed by atoms with van der Waals surface area (Å²) in [6.45, 7) is 3.92. The van der Waals surface area contributed by atoms with Crippen LogP contribution in [0.4, 0.5) is 0 Å². The quantitative estimate of drug-likeness (QED) is 0.452. The number of hydrogen-bond donors (Lipinski definition) is 2. The van der Waals surface area contributed by atoms with Crippen molar-refractivity contribution in [2.45, 2.75) is 26.8 Å². The van der Waals surface area contributed by atoms with Gasteiger partial charge in [0.25, 0.3) is 22.9 Å². The van der Waals surface area contributed by atoms with Crippen LogP contribution in [0.15, 0.2) is 40.2 Å². The van der Waals surface area contributed by atoms with Gasteiger partial charge >= 0.3 is 0 Å². The zero-order chi connectivity index (χ0) is 23.0. The van der Waals surface area contributed by atoms with Crippen molar-refractivity contribution in [1.82, 2.24) is 30.2 Å². The van der Waals surface area contributed by atoms with Gasteiger partial charge < -0.3 is 4.57 Å². The number of aromatic nitrogens is 4. The van der Waals surface area contributed by atoms with Crippen LogP contribution in [0.25, 0.3) is 21.0 Å². The van der Waals surface area contributed by atoms with E-state index in [0.717, 1.165) is 11.3 Å². The summed E-state index contributed by atoms with van der Waals surface area (Å²) in [4.78, 5) is 55.4. The molecule has 0 radical (unpaired) electrons. The van der Waals surface area contributed by atoms with Crippen molar-refractivity contribution in [1.29, 1.82) is 0 Å². The molecule has 0 saturated heterocycles. The third-order valence-electron chi connectivity index (χ3n) is 5.02. The highest BCUT2D eigenvalue weighted by Crippen LogP contribution is 2.26. The lowest BCUT2D eigenvalue weighted by Crippen LogP contribution is -2.42. The number of carbonyl (C=O) groups is 2. The predicted octanol–water partition coefficient (Wildman–Crippen LogP) is 1.50. The maximum Gasteiger partial charge on any atom is 0.290 e. The van der Waals surface area contributed by atoms with Gasteiger partial charge in [-0.2, -0.15) is 5.10 Å². The summed E-state index contributed by atoms with van der Waals surface area (Å²) in [5.74, 6) is -1.24. The predicted molar refractivity (Wildman–Crippen MR) is 121 cm³/mol. The summed E-state index contributed by atoms with van der Waals surface area (Å²) in [5.41, 5.74) is 4.72. The summed E-state index contributed by atoms with van der Waals surface area (Å²) >= 11 is 1.07. The van der Waals surface area contributed by atoms with Gasteiger partial charge in [-0.1, -0.05) is 25.1 Å². The lowest BCUT2D eigenvalue weighted by molar-refractivity contribution is 0.0845. The lowest BCUT2D eigenvalue weighted by atomic mass is 10.1. The molecule has 0 spiro atoms. The number of hydrogen-bond acceptors (Lipinski definition) is 7. The maximum atomic E-state index is 12.9. The van der Waals surface area contributed by atoms with E-state index in [2.05, 4.69) is 20.9 Å². The number of fused-ring (bicyclic) bond motifs is 2. The Balaban J connectivity index is 1.63. The van der Waals surface area contributed by atoms with Crippen LogP contribution in [0.3, 0.4) is 0 Å². The Labute approximate surface area is 185 Å². The van der Waals surface area contributed by atoms with Gasteiger partial charge in [0.05, 0.1) is 22.0 Å². The average molecular weight is 452 g/mol. The van der Waals surface area contributed by atoms with E-state index in [-0.39, 0.29) is 21.7 Å². The molecule has 0 bridgehead atoms. The van der Waals surface area contributed by atoms with Gasteiger partial charge in [-0.15, -0.1) is 11.3 Å². The molecule has 2 N–H and O–H groups in total. The fourth-order valence-electron chi connectivity index (χ4n) is 3.42. The summed E-state index contributed by atoms with van der Waals surface area (Å²) in [5, 5.41) is 5.34. The molecular weight excluding hydrogens is 432 g/mol. The SMILES string of the molecule is CCCn1nc(C(=O)NNC(=O)c2sc3ncn(C)c(=O)c3c2C)c2ccccc2c1=O. The molecule has 0 saturated carbocycles. The molecule has 0 fully saturated rings. The molecule has 32 heavy (non-hydrogen) atoms. The van der Waals surface area contributed by atoms with E-state index < -0.39 is 11.8 Å². The van der Waals surface area contributed by atoms with Crippen LogP contribution in [0, 0.1) is 6.92 Å². The number of nitrogens with one attached hydrogen (secondary N) is 2. The Kier molecular flexibility index (Phi) is 5.57. The average Bonchev–Trinajstić information content (AvgIpc) is 3.13. The minimum absolute atomic E-state index is 0.0255. The van der Waals surface area contributed by atoms with E-state index in [1.54, 1.807) is 38.2 Å². The van der Waals surface area contributed by atoms with E-state index in [1.165, 1.54) is 15.6 Å². The number of nitrogens with zero attached hydrogens (tertiary/aromatic N) is 4. The van der Waals surface area contributed by atoms with Crippen molar-refractivity contribution < 1.29 is 9.59 Å². The number of hydrazine groups is 1. The molecule has 10 nitrogen and oxygen atoms in total. The summed E-state index contributed by atoms with van der Waals surface area (Å²) < 4.78 is 2.59. The Morgan fingerprint density at radius 3 is 2.47 bits per heavy atom. The van der Waals surface area contributed by atoms with Crippen molar-refractivity contribution in [3.63, 3.8) is 0 Å². The summed E-state index contributed by atoms with van der Waals surface area (Å²) in [7, 11) is 1.58. The van der Waals surface area contributed by atoms with Gasteiger partial charge in [-0.05, 0) is 25.0 Å². The van der Waals surface area contributed by atoms with E-state index in [1.807, 2.05) is 6.92 Å². The fourth-order valence-corrected chi connectivity index (χ4v) is 4.46. The molecule has 0 atom stereocenters. The number of benzene rings is 1. The second-order valence-corrected chi connectivity index (χ2v) is 8.23. The van der Waals surface area contributed by atoms with Gasteiger partial charge in [-0.25, -0.2) is 9.67 Å². The molecule has 0 aliphatic heterocycles. The van der Waals surface area contributed by atoms with Crippen LogP contribution in [0.1, 0.15) is 39.1 Å². The molecule has 11 heteroatoms. The number of carbonyl (C=O) groups excluding carboxylic acids is 2. The molecule has 0 unspecified atom stereocenters. The van der Waals surface area contributed by atoms with Crippen molar-refractivity contribution in [3.05, 3.63) is 67.4 Å². The first-order valence-corrected chi connectivity index (χ1v) is 10.7. The van der Waals surface area contributed by atoms with E-state index in [9.17, 15) is 19.2 Å². The Bertz CT molecular complexity index is 1500. The molecule has 3 aromatic heterocycles. The number of aryl methyl sites for hydroxylation is 3. The Hall–Kier alpha value is -3.86. The van der Waals surface area contributed by atoms with Crippen molar-refractivity contribution >= 4 is 44.1 Å². The van der Waals surface area contributed by atoms with Crippen LogP contribution < -0.4 is 22.0 Å². The topological polar surface area (TPSA) is 128 Å². The fraction of sp³-hybridized carbons (Fsp3) is 0.238. The molecule has 0 aliphatic rings. The number of amides is 2. The normalized spacial score (nSPS) is 11.1. The van der Waals surface area contributed by atoms with Crippen LogP contribution in [-0.2, 0) is 13.6 Å². The molecule has 4 rings (SSSR count). The van der Waals surface area contributed by atoms with Crippen LogP contribution in [-0.4, -0.2) is 31.1 Å². The van der Waals surface area contributed by atoms with Crippen molar-refractivity contribution in [2.75, 3.05) is 0 Å². The Morgan fingerprint density at radius 2 is 1.75 bits per heavy atom.